The maximum Gasteiger partial charge on any atom is 0.254 e. The highest BCUT2D eigenvalue weighted by molar-refractivity contribution is 6.32. The van der Waals surface area contributed by atoms with Gasteiger partial charge in [0.1, 0.15) is 11.9 Å². The Morgan fingerprint density at radius 3 is 2.50 bits per heavy atom. The molecule has 2 aliphatic heterocycles. The van der Waals surface area contributed by atoms with Crippen molar-refractivity contribution >= 4 is 23.4 Å². The van der Waals surface area contributed by atoms with Crippen molar-refractivity contribution in [3.05, 3.63) is 28.8 Å². The summed E-state index contributed by atoms with van der Waals surface area (Å²) in [6, 6.07) is 5.01. The van der Waals surface area contributed by atoms with E-state index in [1.54, 1.807) is 28.0 Å². The molecular weight excluding hydrogens is 332 g/mol. The summed E-state index contributed by atoms with van der Waals surface area (Å²) >= 11 is 6.09. The number of amides is 2. The van der Waals surface area contributed by atoms with Crippen molar-refractivity contribution < 1.29 is 19.1 Å². The molecule has 0 spiro atoms. The topological polar surface area (TPSA) is 59.1 Å². The second-order valence-corrected chi connectivity index (χ2v) is 6.38. The van der Waals surface area contributed by atoms with Gasteiger partial charge in [-0.25, -0.2) is 0 Å². The third-order valence-electron chi connectivity index (χ3n) is 4.48. The molecule has 2 fully saturated rings. The first-order valence-corrected chi connectivity index (χ1v) is 8.51. The molecule has 6 nitrogen and oxygen atoms in total. The summed E-state index contributed by atoms with van der Waals surface area (Å²) in [4.78, 5) is 28.5. The van der Waals surface area contributed by atoms with Crippen LogP contribution in [0.4, 0.5) is 0 Å². The molecule has 0 N–H and O–H groups in total. The number of carbonyl (C=O) groups is 2. The van der Waals surface area contributed by atoms with Crippen molar-refractivity contribution in [1.82, 2.24) is 9.80 Å². The quantitative estimate of drug-likeness (QED) is 0.832. The molecule has 1 aromatic rings. The fourth-order valence-corrected chi connectivity index (χ4v) is 3.35. The number of methoxy groups -OCH3 is 1. The lowest BCUT2D eigenvalue weighted by Crippen LogP contribution is -2.52. The minimum absolute atomic E-state index is 0.0482. The van der Waals surface area contributed by atoms with Gasteiger partial charge >= 0.3 is 0 Å². The Morgan fingerprint density at radius 1 is 1.21 bits per heavy atom. The Labute approximate surface area is 146 Å². The first kappa shape index (κ1) is 17.0. The second kappa shape index (κ2) is 7.40. The molecule has 2 heterocycles. The van der Waals surface area contributed by atoms with Crippen molar-refractivity contribution in [1.29, 1.82) is 0 Å². The Kier molecular flexibility index (Phi) is 5.26. The first-order chi connectivity index (χ1) is 11.6. The zero-order valence-electron chi connectivity index (χ0n) is 13.7. The second-order valence-electron chi connectivity index (χ2n) is 5.97. The van der Waals surface area contributed by atoms with E-state index in [9.17, 15) is 9.59 Å². The highest BCUT2D eigenvalue weighted by Crippen LogP contribution is 2.25. The lowest BCUT2D eigenvalue weighted by molar-refractivity contribution is -0.142. The Hall–Kier alpha value is -1.79. The average Bonchev–Trinajstić information content (AvgIpc) is 3.15. The first-order valence-electron chi connectivity index (χ1n) is 8.13. The molecule has 2 saturated heterocycles. The summed E-state index contributed by atoms with van der Waals surface area (Å²) in [6.45, 7) is 2.76. The summed E-state index contributed by atoms with van der Waals surface area (Å²) in [6.07, 6.45) is 1.43. The monoisotopic (exact) mass is 352 g/mol. The van der Waals surface area contributed by atoms with Crippen LogP contribution in [-0.4, -0.2) is 67.6 Å². The van der Waals surface area contributed by atoms with Gasteiger partial charge < -0.3 is 19.3 Å². The number of rotatable bonds is 3. The van der Waals surface area contributed by atoms with Gasteiger partial charge in [-0.3, -0.25) is 9.59 Å². The van der Waals surface area contributed by atoms with Crippen LogP contribution in [0.2, 0.25) is 5.02 Å². The summed E-state index contributed by atoms with van der Waals surface area (Å²) in [7, 11) is 1.53. The van der Waals surface area contributed by atoms with Gasteiger partial charge in [0.05, 0.1) is 12.1 Å². The number of benzene rings is 1. The van der Waals surface area contributed by atoms with E-state index in [1.807, 2.05) is 0 Å². The van der Waals surface area contributed by atoms with Crippen LogP contribution in [-0.2, 0) is 9.53 Å². The average molecular weight is 353 g/mol. The lowest BCUT2D eigenvalue weighted by atomic mass is 10.1. The van der Waals surface area contributed by atoms with Crippen LogP contribution < -0.4 is 4.74 Å². The highest BCUT2D eigenvalue weighted by atomic mass is 35.5. The largest absolute Gasteiger partial charge is 0.495 e. The van der Waals surface area contributed by atoms with Crippen LogP contribution in [0.3, 0.4) is 0 Å². The smallest absolute Gasteiger partial charge is 0.254 e. The number of carbonyl (C=O) groups excluding carboxylic acids is 2. The maximum atomic E-state index is 12.6. The van der Waals surface area contributed by atoms with Gasteiger partial charge in [-0.15, -0.1) is 0 Å². The third-order valence-corrected chi connectivity index (χ3v) is 4.78. The Balaban J connectivity index is 1.58. The molecule has 130 valence electrons. The number of nitrogens with zero attached hydrogens (tertiary/aromatic N) is 2. The number of hydrogen-bond acceptors (Lipinski definition) is 4. The van der Waals surface area contributed by atoms with Crippen molar-refractivity contribution in [3.63, 3.8) is 0 Å². The SMILES string of the molecule is COc1ccc(C(=O)N2CCN(C(=O)C3CCCO3)CC2)cc1Cl. The van der Waals surface area contributed by atoms with Crippen LogP contribution in [0.15, 0.2) is 18.2 Å². The molecule has 7 heteroatoms. The van der Waals surface area contributed by atoms with Crippen LogP contribution in [0.25, 0.3) is 0 Å². The molecule has 0 saturated carbocycles. The summed E-state index contributed by atoms with van der Waals surface area (Å²) in [5, 5.41) is 0.413. The lowest BCUT2D eigenvalue weighted by Gasteiger charge is -2.35. The number of ether oxygens (including phenoxy) is 2. The molecule has 0 aliphatic carbocycles. The minimum atomic E-state index is -0.298. The molecule has 2 aliphatic rings. The van der Waals surface area contributed by atoms with E-state index in [0.29, 0.717) is 49.1 Å². The van der Waals surface area contributed by atoms with Crippen molar-refractivity contribution in [3.8, 4) is 5.75 Å². The fraction of sp³-hybridized carbons (Fsp3) is 0.529. The molecular formula is C17H21ClN2O4. The summed E-state index contributed by atoms with van der Waals surface area (Å²) < 4.78 is 10.5. The number of hydrogen-bond donors (Lipinski definition) is 0. The van der Waals surface area contributed by atoms with E-state index in [1.165, 1.54) is 7.11 Å². The van der Waals surface area contributed by atoms with Crippen LogP contribution in [0.5, 0.6) is 5.75 Å². The molecule has 2 amide bonds. The van der Waals surface area contributed by atoms with Crippen LogP contribution in [0, 0.1) is 0 Å². The molecule has 0 aromatic heterocycles. The van der Waals surface area contributed by atoms with E-state index in [0.717, 1.165) is 12.8 Å². The summed E-state index contributed by atoms with van der Waals surface area (Å²) in [5.74, 6) is 0.510. The van der Waals surface area contributed by atoms with Gasteiger partial charge in [-0.2, -0.15) is 0 Å². The van der Waals surface area contributed by atoms with Crippen molar-refractivity contribution in [2.45, 2.75) is 18.9 Å². The van der Waals surface area contributed by atoms with Crippen molar-refractivity contribution in [2.75, 3.05) is 39.9 Å². The summed E-state index contributed by atoms with van der Waals surface area (Å²) in [5.41, 5.74) is 0.528. The van der Waals surface area contributed by atoms with E-state index in [-0.39, 0.29) is 17.9 Å². The van der Waals surface area contributed by atoms with Crippen molar-refractivity contribution in [2.24, 2.45) is 0 Å². The van der Waals surface area contributed by atoms with Gasteiger partial charge in [0.25, 0.3) is 11.8 Å². The van der Waals surface area contributed by atoms with Gasteiger partial charge in [0.15, 0.2) is 0 Å². The third kappa shape index (κ3) is 3.49. The molecule has 1 atom stereocenters. The van der Waals surface area contributed by atoms with Gasteiger partial charge in [-0.1, -0.05) is 11.6 Å². The Morgan fingerprint density at radius 2 is 1.92 bits per heavy atom. The normalized spacial score (nSPS) is 21.0. The zero-order valence-corrected chi connectivity index (χ0v) is 14.4. The maximum absolute atomic E-state index is 12.6. The molecule has 3 rings (SSSR count). The molecule has 0 bridgehead atoms. The number of piperazine rings is 1. The Bertz CT molecular complexity index is 623. The molecule has 24 heavy (non-hydrogen) atoms. The van der Waals surface area contributed by atoms with E-state index in [2.05, 4.69) is 0 Å². The predicted octanol–water partition coefficient (Wildman–Crippen LogP) is 1.81. The molecule has 1 aromatic carbocycles. The van der Waals surface area contributed by atoms with E-state index >= 15 is 0 Å². The molecule has 1 unspecified atom stereocenters. The van der Waals surface area contributed by atoms with E-state index < -0.39 is 0 Å². The number of halogens is 1. The predicted molar refractivity (Wildman–Crippen MR) is 89.5 cm³/mol. The fourth-order valence-electron chi connectivity index (χ4n) is 3.09. The van der Waals surface area contributed by atoms with Gasteiger partial charge in [0.2, 0.25) is 0 Å². The van der Waals surface area contributed by atoms with Crippen LogP contribution >= 0.6 is 11.6 Å². The van der Waals surface area contributed by atoms with Gasteiger partial charge in [-0.05, 0) is 31.0 Å². The van der Waals surface area contributed by atoms with Gasteiger partial charge in [0, 0.05) is 38.3 Å². The minimum Gasteiger partial charge on any atom is -0.495 e. The highest BCUT2D eigenvalue weighted by Gasteiger charge is 2.31. The standard InChI is InChI=1S/C17H21ClN2O4/c1-23-14-5-4-12(11-13(14)18)16(21)19-6-8-20(9-7-19)17(22)15-3-2-10-24-15/h4-5,11,15H,2-3,6-10H2,1H3. The van der Waals surface area contributed by atoms with E-state index in [4.69, 9.17) is 21.1 Å². The van der Waals surface area contributed by atoms with Crippen LogP contribution in [0.1, 0.15) is 23.2 Å². The molecule has 0 radical (unpaired) electrons. The zero-order chi connectivity index (χ0) is 17.1.